The molecule has 1 unspecified atom stereocenters. The number of thiophene rings is 2. The van der Waals surface area contributed by atoms with Gasteiger partial charge in [-0.2, -0.15) is 0 Å². The highest BCUT2D eigenvalue weighted by Gasteiger charge is 2.16. The summed E-state index contributed by atoms with van der Waals surface area (Å²) in [5.74, 6) is 0. The first kappa shape index (κ1) is 13.6. The molecule has 102 valence electrons. The highest BCUT2D eigenvalue weighted by Crippen LogP contribution is 2.33. The van der Waals surface area contributed by atoms with Gasteiger partial charge in [0.2, 0.25) is 0 Å². The van der Waals surface area contributed by atoms with Crippen LogP contribution in [-0.4, -0.2) is 0 Å². The van der Waals surface area contributed by atoms with E-state index in [0.29, 0.717) is 6.04 Å². The van der Waals surface area contributed by atoms with E-state index >= 15 is 0 Å². The predicted molar refractivity (Wildman–Crippen MR) is 85.5 cm³/mol. The van der Waals surface area contributed by atoms with Crippen molar-refractivity contribution in [3.05, 3.63) is 42.7 Å². The average Bonchev–Trinajstić information content (AvgIpc) is 3.01. The molecule has 2 heterocycles. The van der Waals surface area contributed by atoms with E-state index < -0.39 is 0 Å². The minimum absolute atomic E-state index is 0.427. The van der Waals surface area contributed by atoms with E-state index in [4.69, 9.17) is 11.6 Å². The first-order chi connectivity index (χ1) is 9.22. The van der Waals surface area contributed by atoms with Crippen molar-refractivity contribution in [2.24, 2.45) is 0 Å². The number of halogens is 1. The molecule has 0 fully saturated rings. The van der Waals surface area contributed by atoms with Crippen molar-refractivity contribution in [3.8, 4) is 0 Å². The minimum Gasteiger partial charge on any atom is -0.305 e. The van der Waals surface area contributed by atoms with E-state index in [0.717, 1.165) is 10.9 Å². The van der Waals surface area contributed by atoms with Gasteiger partial charge in [-0.1, -0.05) is 11.6 Å². The summed E-state index contributed by atoms with van der Waals surface area (Å²) < 4.78 is 0.871. The van der Waals surface area contributed by atoms with Gasteiger partial charge in [-0.15, -0.1) is 22.7 Å². The van der Waals surface area contributed by atoms with Gasteiger partial charge in [0.05, 0.1) is 4.34 Å². The van der Waals surface area contributed by atoms with E-state index in [2.05, 4.69) is 24.4 Å². The summed E-state index contributed by atoms with van der Waals surface area (Å²) in [6.07, 6.45) is 5.29. The van der Waals surface area contributed by atoms with Gasteiger partial charge in [0.1, 0.15) is 0 Å². The first-order valence-electron chi connectivity index (χ1n) is 6.81. The summed E-state index contributed by atoms with van der Waals surface area (Å²) in [6, 6.07) is 6.92. The second-order valence-corrected chi connectivity index (χ2v) is 8.08. The zero-order valence-corrected chi connectivity index (χ0v) is 13.4. The average molecular weight is 312 g/mol. The SMILES string of the molecule is CC(NCc1ccc(Cl)s1)c1cc2c(s1)CCCC2. The predicted octanol–water partition coefficient (Wildman–Crippen LogP) is 5.19. The van der Waals surface area contributed by atoms with Gasteiger partial charge in [0.15, 0.2) is 0 Å². The number of nitrogens with one attached hydrogen (secondary N) is 1. The third-order valence-corrected chi connectivity index (χ3v) is 6.30. The van der Waals surface area contributed by atoms with Crippen LogP contribution in [0.2, 0.25) is 4.34 Å². The molecule has 2 aromatic rings. The lowest BCUT2D eigenvalue weighted by atomic mass is 9.99. The van der Waals surface area contributed by atoms with Gasteiger partial charge in [-0.3, -0.25) is 0 Å². The second-order valence-electron chi connectivity index (χ2n) is 5.11. The molecule has 2 aromatic heterocycles. The summed E-state index contributed by atoms with van der Waals surface area (Å²) in [6.45, 7) is 3.16. The maximum Gasteiger partial charge on any atom is 0.0931 e. The molecule has 1 aliphatic rings. The minimum atomic E-state index is 0.427. The van der Waals surface area contributed by atoms with E-state index in [1.165, 1.54) is 35.4 Å². The zero-order chi connectivity index (χ0) is 13.2. The van der Waals surface area contributed by atoms with Crippen molar-refractivity contribution in [2.45, 2.75) is 45.2 Å². The van der Waals surface area contributed by atoms with Crippen LogP contribution in [0.4, 0.5) is 0 Å². The number of rotatable bonds is 4. The summed E-state index contributed by atoms with van der Waals surface area (Å²) in [5.41, 5.74) is 1.60. The Kier molecular flexibility index (Phi) is 4.27. The van der Waals surface area contributed by atoms with Gasteiger partial charge < -0.3 is 5.32 Å². The third kappa shape index (κ3) is 3.22. The third-order valence-electron chi connectivity index (χ3n) is 3.65. The molecule has 3 rings (SSSR count). The summed E-state index contributed by atoms with van der Waals surface area (Å²) in [7, 11) is 0. The Morgan fingerprint density at radius 3 is 2.84 bits per heavy atom. The van der Waals surface area contributed by atoms with Crippen LogP contribution >= 0.6 is 34.3 Å². The smallest absolute Gasteiger partial charge is 0.0931 e. The van der Waals surface area contributed by atoms with Crippen LogP contribution in [0.1, 0.15) is 46.0 Å². The number of hydrogen-bond acceptors (Lipinski definition) is 3. The van der Waals surface area contributed by atoms with Crippen LogP contribution in [0.5, 0.6) is 0 Å². The van der Waals surface area contributed by atoms with Gasteiger partial charge in [-0.25, -0.2) is 0 Å². The number of fused-ring (bicyclic) bond motifs is 1. The van der Waals surface area contributed by atoms with Crippen molar-refractivity contribution in [3.63, 3.8) is 0 Å². The maximum atomic E-state index is 5.95. The first-order valence-corrected chi connectivity index (χ1v) is 8.82. The van der Waals surface area contributed by atoms with Crippen LogP contribution < -0.4 is 5.32 Å². The van der Waals surface area contributed by atoms with Crippen molar-refractivity contribution >= 4 is 34.3 Å². The lowest BCUT2D eigenvalue weighted by Gasteiger charge is -2.10. The van der Waals surface area contributed by atoms with E-state index in [-0.39, 0.29) is 0 Å². The van der Waals surface area contributed by atoms with Crippen LogP contribution in [0.3, 0.4) is 0 Å². The fourth-order valence-corrected chi connectivity index (χ4v) is 4.85. The largest absolute Gasteiger partial charge is 0.305 e. The quantitative estimate of drug-likeness (QED) is 0.819. The van der Waals surface area contributed by atoms with Crippen molar-refractivity contribution in [2.75, 3.05) is 0 Å². The normalized spacial score (nSPS) is 16.3. The summed E-state index contributed by atoms with van der Waals surface area (Å²) >= 11 is 9.61. The van der Waals surface area contributed by atoms with E-state index in [1.807, 2.05) is 17.4 Å². The zero-order valence-electron chi connectivity index (χ0n) is 11.0. The fourth-order valence-electron chi connectivity index (χ4n) is 2.53. The molecular weight excluding hydrogens is 294 g/mol. The highest BCUT2D eigenvalue weighted by atomic mass is 35.5. The van der Waals surface area contributed by atoms with Crippen LogP contribution in [0.25, 0.3) is 0 Å². The molecule has 0 spiro atoms. The standard InChI is InChI=1S/C15H18ClNS2/c1-10(17-9-12-6-7-15(16)18-12)14-8-11-4-2-3-5-13(11)19-14/h6-8,10,17H,2-5,9H2,1H3. The lowest BCUT2D eigenvalue weighted by Crippen LogP contribution is -2.16. The highest BCUT2D eigenvalue weighted by molar-refractivity contribution is 7.16. The molecule has 1 aliphatic carbocycles. The van der Waals surface area contributed by atoms with Gasteiger partial charge in [0.25, 0.3) is 0 Å². The lowest BCUT2D eigenvalue weighted by molar-refractivity contribution is 0.587. The van der Waals surface area contributed by atoms with Crippen molar-refractivity contribution in [1.82, 2.24) is 5.32 Å². The topological polar surface area (TPSA) is 12.0 Å². The van der Waals surface area contributed by atoms with E-state index in [1.54, 1.807) is 21.8 Å². The monoisotopic (exact) mass is 311 g/mol. The molecule has 0 saturated heterocycles. The van der Waals surface area contributed by atoms with E-state index in [9.17, 15) is 0 Å². The summed E-state index contributed by atoms with van der Waals surface area (Å²) in [4.78, 5) is 4.40. The molecule has 1 nitrogen and oxygen atoms in total. The molecule has 0 saturated carbocycles. The Labute approximate surface area is 127 Å². The molecule has 0 aliphatic heterocycles. The second kappa shape index (κ2) is 5.96. The van der Waals surface area contributed by atoms with Gasteiger partial charge >= 0.3 is 0 Å². The van der Waals surface area contributed by atoms with Crippen LogP contribution in [-0.2, 0) is 19.4 Å². The molecule has 0 aromatic carbocycles. The maximum absolute atomic E-state index is 5.95. The van der Waals surface area contributed by atoms with Gasteiger partial charge in [-0.05, 0) is 56.4 Å². The Bertz CT molecular complexity index is 535. The molecular formula is C15H18ClNS2. The number of aryl methyl sites for hydroxylation is 2. The fraction of sp³-hybridized carbons (Fsp3) is 0.467. The Morgan fingerprint density at radius 1 is 1.26 bits per heavy atom. The molecule has 0 amide bonds. The van der Waals surface area contributed by atoms with Crippen molar-refractivity contribution < 1.29 is 0 Å². The molecule has 19 heavy (non-hydrogen) atoms. The Hall–Kier alpha value is -0.350. The van der Waals surface area contributed by atoms with Crippen LogP contribution in [0.15, 0.2) is 18.2 Å². The van der Waals surface area contributed by atoms with Crippen LogP contribution in [0, 0.1) is 0 Å². The molecule has 0 bridgehead atoms. The van der Waals surface area contributed by atoms with Crippen molar-refractivity contribution in [1.29, 1.82) is 0 Å². The summed E-state index contributed by atoms with van der Waals surface area (Å²) in [5, 5.41) is 3.60. The molecule has 4 heteroatoms. The molecule has 1 atom stereocenters. The number of hydrogen-bond donors (Lipinski definition) is 1. The Balaban J connectivity index is 1.63. The molecule has 1 N–H and O–H groups in total. The molecule has 0 radical (unpaired) electrons. The Morgan fingerprint density at radius 2 is 2.11 bits per heavy atom. The van der Waals surface area contributed by atoms with Gasteiger partial charge in [0, 0.05) is 27.2 Å².